The predicted octanol–water partition coefficient (Wildman–Crippen LogP) is 2.43. The van der Waals surface area contributed by atoms with Crippen LogP contribution >= 0.6 is 0 Å². The van der Waals surface area contributed by atoms with E-state index in [1.165, 1.54) is 0 Å². The van der Waals surface area contributed by atoms with Crippen molar-refractivity contribution in [1.82, 2.24) is 15.1 Å². The number of hydrogen-bond acceptors (Lipinski definition) is 4. The van der Waals surface area contributed by atoms with Crippen LogP contribution in [0.15, 0.2) is 36.7 Å². The lowest BCUT2D eigenvalue weighted by molar-refractivity contribution is -0.120. The Morgan fingerprint density at radius 2 is 2.00 bits per heavy atom. The van der Waals surface area contributed by atoms with Crippen LogP contribution < -0.4 is 14.8 Å². The Morgan fingerprint density at radius 3 is 2.71 bits per heavy atom. The SMILES string of the molecule is CCOc1ccc(CC(=O)NCCCn2cccn2)cc1OCC. The van der Waals surface area contributed by atoms with Crippen LogP contribution in [0.3, 0.4) is 0 Å². The maximum atomic E-state index is 12.0. The molecule has 0 spiro atoms. The first kappa shape index (κ1) is 17.8. The molecule has 0 bridgehead atoms. The minimum absolute atomic E-state index is 0.00192. The van der Waals surface area contributed by atoms with E-state index in [-0.39, 0.29) is 5.91 Å². The van der Waals surface area contributed by atoms with Crippen molar-refractivity contribution in [3.8, 4) is 11.5 Å². The number of carbonyl (C=O) groups is 1. The Hall–Kier alpha value is -2.50. The van der Waals surface area contributed by atoms with Crippen LogP contribution in [0.25, 0.3) is 0 Å². The van der Waals surface area contributed by atoms with Gasteiger partial charge in [-0.25, -0.2) is 0 Å². The molecule has 6 nitrogen and oxygen atoms in total. The van der Waals surface area contributed by atoms with Gasteiger partial charge in [-0.3, -0.25) is 9.48 Å². The number of amides is 1. The van der Waals surface area contributed by atoms with Gasteiger partial charge in [0.05, 0.1) is 19.6 Å². The number of aromatic nitrogens is 2. The summed E-state index contributed by atoms with van der Waals surface area (Å²) in [5.41, 5.74) is 0.909. The minimum Gasteiger partial charge on any atom is -0.490 e. The third-order valence-electron chi connectivity index (χ3n) is 3.42. The van der Waals surface area contributed by atoms with Crippen LogP contribution in [-0.4, -0.2) is 35.4 Å². The molecule has 0 atom stereocenters. The van der Waals surface area contributed by atoms with Crippen molar-refractivity contribution < 1.29 is 14.3 Å². The van der Waals surface area contributed by atoms with Crippen molar-refractivity contribution in [3.63, 3.8) is 0 Å². The van der Waals surface area contributed by atoms with Gasteiger partial charge in [0, 0.05) is 25.5 Å². The van der Waals surface area contributed by atoms with E-state index in [9.17, 15) is 4.79 Å². The van der Waals surface area contributed by atoms with Gasteiger partial charge >= 0.3 is 0 Å². The number of nitrogens with one attached hydrogen (secondary N) is 1. The standard InChI is InChI=1S/C18H25N3O3/c1-3-23-16-8-7-15(13-17(16)24-4-2)14-18(22)19-9-5-11-21-12-6-10-20-21/h6-8,10,12-13H,3-5,9,11,14H2,1-2H3,(H,19,22). The number of nitrogens with zero attached hydrogens (tertiary/aromatic N) is 2. The first-order valence-corrected chi connectivity index (χ1v) is 8.35. The van der Waals surface area contributed by atoms with E-state index in [4.69, 9.17) is 9.47 Å². The van der Waals surface area contributed by atoms with Gasteiger partial charge in [-0.1, -0.05) is 6.07 Å². The largest absolute Gasteiger partial charge is 0.490 e. The monoisotopic (exact) mass is 331 g/mol. The lowest BCUT2D eigenvalue weighted by atomic mass is 10.1. The van der Waals surface area contributed by atoms with Crippen molar-refractivity contribution in [2.75, 3.05) is 19.8 Å². The number of rotatable bonds is 10. The van der Waals surface area contributed by atoms with Crippen molar-refractivity contribution in [2.45, 2.75) is 33.2 Å². The van der Waals surface area contributed by atoms with E-state index in [1.807, 2.05) is 49.0 Å². The topological polar surface area (TPSA) is 65.4 Å². The Labute approximate surface area is 142 Å². The lowest BCUT2D eigenvalue weighted by Gasteiger charge is -2.12. The number of ether oxygens (including phenoxy) is 2. The zero-order valence-electron chi connectivity index (χ0n) is 14.3. The molecule has 0 unspecified atom stereocenters. The molecule has 2 rings (SSSR count). The Balaban J connectivity index is 1.80. The van der Waals surface area contributed by atoms with Crippen LogP contribution in [0.2, 0.25) is 0 Å². The van der Waals surface area contributed by atoms with Crippen LogP contribution in [-0.2, 0) is 17.8 Å². The molecule has 2 aromatic rings. The minimum atomic E-state index is 0.00192. The van der Waals surface area contributed by atoms with Crippen molar-refractivity contribution in [2.24, 2.45) is 0 Å². The molecule has 0 aliphatic carbocycles. The lowest BCUT2D eigenvalue weighted by Crippen LogP contribution is -2.26. The van der Waals surface area contributed by atoms with Crippen LogP contribution in [0.4, 0.5) is 0 Å². The molecule has 6 heteroatoms. The predicted molar refractivity (Wildman–Crippen MR) is 92.3 cm³/mol. The average molecular weight is 331 g/mol. The van der Waals surface area contributed by atoms with E-state index >= 15 is 0 Å². The second-order valence-electron chi connectivity index (χ2n) is 5.30. The van der Waals surface area contributed by atoms with Crippen molar-refractivity contribution >= 4 is 5.91 Å². The van der Waals surface area contributed by atoms with Gasteiger partial charge in [0.2, 0.25) is 5.91 Å². The zero-order valence-corrected chi connectivity index (χ0v) is 14.3. The van der Waals surface area contributed by atoms with Crippen molar-refractivity contribution in [3.05, 3.63) is 42.2 Å². The number of benzene rings is 1. The van der Waals surface area contributed by atoms with E-state index in [0.29, 0.717) is 37.7 Å². The fraction of sp³-hybridized carbons (Fsp3) is 0.444. The summed E-state index contributed by atoms with van der Waals surface area (Å²) in [6.07, 6.45) is 4.84. The Morgan fingerprint density at radius 1 is 1.21 bits per heavy atom. The summed E-state index contributed by atoms with van der Waals surface area (Å²) in [5.74, 6) is 1.40. The quantitative estimate of drug-likeness (QED) is 0.679. The molecule has 130 valence electrons. The second-order valence-corrected chi connectivity index (χ2v) is 5.30. The van der Waals surface area contributed by atoms with E-state index in [0.717, 1.165) is 18.5 Å². The molecule has 0 aliphatic rings. The third kappa shape index (κ3) is 5.61. The molecule has 24 heavy (non-hydrogen) atoms. The summed E-state index contributed by atoms with van der Waals surface area (Å²) < 4.78 is 13.0. The number of aryl methyl sites for hydroxylation is 1. The van der Waals surface area contributed by atoms with Crippen LogP contribution in [0.5, 0.6) is 11.5 Å². The summed E-state index contributed by atoms with van der Waals surface area (Å²) >= 11 is 0. The highest BCUT2D eigenvalue weighted by molar-refractivity contribution is 5.78. The number of hydrogen-bond donors (Lipinski definition) is 1. The fourth-order valence-corrected chi connectivity index (χ4v) is 2.35. The van der Waals surface area contributed by atoms with Crippen LogP contribution in [0, 0.1) is 0 Å². The van der Waals surface area contributed by atoms with Gasteiger partial charge in [-0.15, -0.1) is 0 Å². The van der Waals surface area contributed by atoms with Gasteiger partial charge in [0.25, 0.3) is 0 Å². The summed E-state index contributed by atoms with van der Waals surface area (Å²) in [7, 11) is 0. The molecule has 0 saturated heterocycles. The molecule has 1 aromatic carbocycles. The molecule has 0 saturated carbocycles. The maximum absolute atomic E-state index is 12.0. The second kappa shape index (κ2) is 9.60. The van der Waals surface area contributed by atoms with E-state index in [1.54, 1.807) is 6.20 Å². The highest BCUT2D eigenvalue weighted by Gasteiger charge is 2.09. The summed E-state index contributed by atoms with van der Waals surface area (Å²) in [4.78, 5) is 12.0. The van der Waals surface area contributed by atoms with Gasteiger partial charge in [-0.2, -0.15) is 5.10 Å². The van der Waals surface area contributed by atoms with Crippen LogP contribution in [0.1, 0.15) is 25.8 Å². The molecule has 1 amide bonds. The first-order valence-electron chi connectivity index (χ1n) is 8.35. The smallest absolute Gasteiger partial charge is 0.224 e. The first-order chi connectivity index (χ1) is 11.7. The Kier molecular flexibility index (Phi) is 7.14. The molecule has 1 aromatic heterocycles. The molecule has 0 radical (unpaired) electrons. The highest BCUT2D eigenvalue weighted by atomic mass is 16.5. The van der Waals surface area contributed by atoms with Gasteiger partial charge in [-0.05, 0) is 44.0 Å². The van der Waals surface area contributed by atoms with Crippen molar-refractivity contribution in [1.29, 1.82) is 0 Å². The number of carbonyl (C=O) groups excluding carboxylic acids is 1. The zero-order chi connectivity index (χ0) is 17.2. The van der Waals surface area contributed by atoms with Gasteiger partial charge in [0.15, 0.2) is 11.5 Å². The normalized spacial score (nSPS) is 10.4. The highest BCUT2D eigenvalue weighted by Crippen LogP contribution is 2.28. The summed E-state index contributed by atoms with van der Waals surface area (Å²) in [6.45, 7) is 6.42. The van der Waals surface area contributed by atoms with E-state index < -0.39 is 0 Å². The molecular weight excluding hydrogens is 306 g/mol. The fourth-order valence-electron chi connectivity index (χ4n) is 2.35. The molecular formula is C18H25N3O3. The molecule has 0 fully saturated rings. The maximum Gasteiger partial charge on any atom is 0.224 e. The van der Waals surface area contributed by atoms with E-state index in [2.05, 4.69) is 10.4 Å². The Bertz CT molecular complexity index is 626. The average Bonchev–Trinajstić information content (AvgIpc) is 3.08. The molecule has 1 N–H and O–H groups in total. The summed E-state index contributed by atoms with van der Waals surface area (Å²) in [6, 6.07) is 7.52. The summed E-state index contributed by atoms with van der Waals surface area (Å²) in [5, 5.41) is 7.06. The van der Waals surface area contributed by atoms with Gasteiger partial charge < -0.3 is 14.8 Å². The molecule has 0 aliphatic heterocycles. The molecule has 1 heterocycles. The third-order valence-corrected chi connectivity index (χ3v) is 3.42. The van der Waals surface area contributed by atoms with Gasteiger partial charge in [0.1, 0.15) is 0 Å².